The highest BCUT2D eigenvalue weighted by Crippen LogP contribution is 2.33. The van der Waals surface area contributed by atoms with Crippen molar-refractivity contribution in [3.05, 3.63) is 76.3 Å². The summed E-state index contributed by atoms with van der Waals surface area (Å²) in [4.78, 5) is 6.56. The predicted molar refractivity (Wildman–Crippen MR) is 113 cm³/mol. The van der Waals surface area contributed by atoms with Gasteiger partial charge in [-0.2, -0.15) is 0 Å². The van der Waals surface area contributed by atoms with Crippen LogP contribution in [0.4, 0.5) is 0 Å². The molecule has 1 aromatic heterocycles. The van der Waals surface area contributed by atoms with E-state index in [1.54, 1.807) is 7.11 Å². The number of methoxy groups -OCH3 is 1. The molecule has 0 amide bonds. The van der Waals surface area contributed by atoms with Crippen molar-refractivity contribution in [3.63, 3.8) is 0 Å². The molecule has 0 radical (unpaired) electrons. The van der Waals surface area contributed by atoms with Crippen LogP contribution < -0.4 is 4.74 Å². The summed E-state index contributed by atoms with van der Waals surface area (Å²) in [5, 5.41) is 21.6. The average Bonchev–Trinajstić information content (AvgIpc) is 3.31. The van der Waals surface area contributed by atoms with Gasteiger partial charge in [0.15, 0.2) is 0 Å². The zero-order chi connectivity index (χ0) is 19.5. The van der Waals surface area contributed by atoms with Crippen LogP contribution in [0.3, 0.4) is 0 Å². The number of amidine groups is 1. The van der Waals surface area contributed by atoms with E-state index in [1.807, 2.05) is 52.7 Å². The van der Waals surface area contributed by atoms with Gasteiger partial charge < -0.3 is 14.7 Å². The van der Waals surface area contributed by atoms with E-state index in [1.165, 1.54) is 16.9 Å². The molecule has 28 heavy (non-hydrogen) atoms. The fourth-order valence-corrected chi connectivity index (χ4v) is 4.16. The molecule has 4 rings (SSSR count). The van der Waals surface area contributed by atoms with Crippen LogP contribution in [0, 0.1) is 5.41 Å². The van der Waals surface area contributed by atoms with Gasteiger partial charge in [0.1, 0.15) is 22.4 Å². The number of hydrogen-bond acceptors (Lipinski definition) is 5. The first-order valence-electron chi connectivity index (χ1n) is 9.06. The molecule has 2 heterocycles. The topological polar surface area (TPSA) is 69.4 Å². The molecule has 1 aliphatic heterocycles. The number of ether oxygens (including phenoxy) is 1. The van der Waals surface area contributed by atoms with Gasteiger partial charge in [0, 0.05) is 17.5 Å². The predicted octanol–water partition coefficient (Wildman–Crippen LogP) is 4.62. The van der Waals surface area contributed by atoms with Crippen LogP contribution in [-0.2, 0) is 6.42 Å². The molecule has 0 atom stereocenters. The van der Waals surface area contributed by atoms with Crippen LogP contribution >= 0.6 is 11.3 Å². The third kappa shape index (κ3) is 3.64. The summed E-state index contributed by atoms with van der Waals surface area (Å²) in [5.74, 6) is 1.32. The molecule has 0 spiro atoms. The summed E-state index contributed by atoms with van der Waals surface area (Å²) in [7, 11) is 1.64. The lowest BCUT2D eigenvalue weighted by Gasteiger charge is -2.18. The Hall–Kier alpha value is -3.12. The van der Waals surface area contributed by atoms with Crippen LogP contribution in [0.25, 0.3) is 16.8 Å². The van der Waals surface area contributed by atoms with Gasteiger partial charge in [-0.1, -0.05) is 42.5 Å². The second-order valence-electron chi connectivity index (χ2n) is 6.60. The zero-order valence-corrected chi connectivity index (χ0v) is 16.4. The number of hydrogen-bond donors (Lipinski definition) is 2. The third-order valence-corrected chi connectivity index (χ3v) is 5.64. The maximum atomic E-state index is 10.5. The molecule has 1 aliphatic rings. The van der Waals surface area contributed by atoms with Gasteiger partial charge in [-0.05, 0) is 24.1 Å². The summed E-state index contributed by atoms with van der Waals surface area (Å²) in [6.07, 6.45) is 0.830. The van der Waals surface area contributed by atoms with E-state index in [4.69, 9.17) is 10.1 Å². The normalized spacial score (nSPS) is 14.0. The largest absolute Gasteiger partial charge is 0.510 e. The highest BCUT2D eigenvalue weighted by Gasteiger charge is 2.30. The van der Waals surface area contributed by atoms with Gasteiger partial charge >= 0.3 is 0 Å². The second kappa shape index (κ2) is 7.86. The first-order chi connectivity index (χ1) is 13.7. The minimum Gasteiger partial charge on any atom is -0.510 e. The van der Waals surface area contributed by atoms with Crippen molar-refractivity contribution in [1.82, 2.24) is 9.88 Å². The van der Waals surface area contributed by atoms with Gasteiger partial charge in [0.2, 0.25) is 0 Å². The first kappa shape index (κ1) is 18.3. The van der Waals surface area contributed by atoms with E-state index in [2.05, 4.69) is 17.1 Å². The van der Waals surface area contributed by atoms with Crippen molar-refractivity contribution in [2.24, 2.45) is 0 Å². The minimum atomic E-state index is 0.213. The highest BCUT2D eigenvalue weighted by atomic mass is 32.1. The number of aliphatic hydroxyl groups is 1. The van der Waals surface area contributed by atoms with Crippen LogP contribution in [0.15, 0.2) is 65.7 Å². The SMILES string of the molecule is COc1cccc(-c2csc(C3=C(O)CN(CCc4ccccc4)C3=N)n2)c1. The number of nitrogens with zero attached hydrogens (tertiary/aromatic N) is 2. The number of aliphatic hydroxyl groups excluding tert-OH is 1. The van der Waals surface area contributed by atoms with Crippen LogP contribution in [0.5, 0.6) is 5.75 Å². The minimum absolute atomic E-state index is 0.213. The first-order valence-corrected chi connectivity index (χ1v) is 9.94. The average molecular weight is 391 g/mol. The van der Waals surface area contributed by atoms with E-state index >= 15 is 0 Å². The summed E-state index contributed by atoms with van der Waals surface area (Å²) >= 11 is 1.44. The summed E-state index contributed by atoms with van der Waals surface area (Å²) in [5.41, 5.74) is 3.52. The second-order valence-corrected chi connectivity index (χ2v) is 7.46. The van der Waals surface area contributed by atoms with Crippen LogP contribution in [0.2, 0.25) is 0 Å². The monoisotopic (exact) mass is 391 g/mol. The lowest BCUT2D eigenvalue weighted by atomic mass is 10.1. The number of benzene rings is 2. The Morgan fingerprint density at radius 1 is 1.18 bits per heavy atom. The molecule has 2 aromatic carbocycles. The zero-order valence-electron chi connectivity index (χ0n) is 15.6. The molecule has 0 unspecified atom stereocenters. The Bertz CT molecular complexity index is 1030. The molecule has 3 aromatic rings. The summed E-state index contributed by atoms with van der Waals surface area (Å²) in [6.45, 7) is 1.04. The Kier molecular flexibility index (Phi) is 5.12. The lowest BCUT2D eigenvalue weighted by molar-refractivity contribution is 0.351. The number of aromatic nitrogens is 1. The van der Waals surface area contributed by atoms with E-state index in [9.17, 15) is 5.11 Å². The van der Waals surface area contributed by atoms with Gasteiger partial charge in [0.05, 0.1) is 24.9 Å². The Labute approximate surface area is 168 Å². The van der Waals surface area contributed by atoms with Crippen molar-refractivity contribution in [1.29, 1.82) is 5.41 Å². The molecule has 2 N–H and O–H groups in total. The number of rotatable bonds is 6. The molecule has 6 heteroatoms. The van der Waals surface area contributed by atoms with E-state index in [0.29, 0.717) is 29.5 Å². The molecular formula is C22H21N3O2S. The third-order valence-electron chi connectivity index (χ3n) is 4.78. The molecule has 0 aliphatic carbocycles. The summed E-state index contributed by atoms with van der Waals surface area (Å²) < 4.78 is 5.28. The fourth-order valence-electron chi connectivity index (χ4n) is 3.26. The standard InChI is InChI=1S/C22H21N3O2S/c1-27-17-9-5-8-16(12-17)18-14-28-22(24-18)20-19(26)13-25(21(20)23)11-10-15-6-3-2-4-7-15/h2-9,12,14,23,26H,10-11,13H2,1H3. The molecule has 5 nitrogen and oxygen atoms in total. The van der Waals surface area contributed by atoms with Crippen LogP contribution in [-0.4, -0.2) is 41.0 Å². The molecule has 0 bridgehead atoms. The Morgan fingerprint density at radius 3 is 2.79 bits per heavy atom. The number of nitrogens with one attached hydrogen (secondary N) is 1. The van der Waals surface area contributed by atoms with Gasteiger partial charge in [-0.3, -0.25) is 5.41 Å². The van der Waals surface area contributed by atoms with Gasteiger partial charge in [-0.25, -0.2) is 4.98 Å². The molecule has 0 saturated carbocycles. The lowest BCUT2D eigenvalue weighted by Crippen LogP contribution is -2.28. The Balaban J connectivity index is 1.50. The van der Waals surface area contributed by atoms with E-state index in [-0.39, 0.29) is 5.76 Å². The smallest absolute Gasteiger partial charge is 0.135 e. The van der Waals surface area contributed by atoms with Crippen molar-refractivity contribution in [2.45, 2.75) is 6.42 Å². The molecule has 0 saturated heterocycles. The van der Waals surface area contributed by atoms with E-state index in [0.717, 1.165) is 23.4 Å². The molecule has 142 valence electrons. The van der Waals surface area contributed by atoms with Crippen LogP contribution in [0.1, 0.15) is 10.6 Å². The molecule has 0 fully saturated rings. The van der Waals surface area contributed by atoms with Crippen molar-refractivity contribution in [2.75, 3.05) is 20.2 Å². The van der Waals surface area contributed by atoms with Crippen molar-refractivity contribution < 1.29 is 9.84 Å². The van der Waals surface area contributed by atoms with E-state index < -0.39 is 0 Å². The van der Waals surface area contributed by atoms with Gasteiger partial charge in [0.25, 0.3) is 0 Å². The fraction of sp³-hybridized carbons (Fsp3) is 0.182. The molecular weight excluding hydrogens is 370 g/mol. The van der Waals surface area contributed by atoms with Crippen molar-refractivity contribution in [3.8, 4) is 17.0 Å². The maximum absolute atomic E-state index is 10.5. The number of thiazole rings is 1. The highest BCUT2D eigenvalue weighted by molar-refractivity contribution is 7.11. The quantitative estimate of drug-likeness (QED) is 0.643. The summed E-state index contributed by atoms with van der Waals surface area (Å²) in [6, 6.07) is 17.9. The Morgan fingerprint density at radius 2 is 2.00 bits per heavy atom. The van der Waals surface area contributed by atoms with Crippen molar-refractivity contribution >= 4 is 22.7 Å². The maximum Gasteiger partial charge on any atom is 0.135 e. The van der Waals surface area contributed by atoms with Gasteiger partial charge in [-0.15, -0.1) is 11.3 Å².